The summed E-state index contributed by atoms with van der Waals surface area (Å²) in [6.45, 7) is 6.00. The minimum Gasteiger partial charge on any atom is -0.363 e. The second-order valence-electron chi connectivity index (χ2n) is 4.44. The number of benzene rings is 1. The van der Waals surface area contributed by atoms with E-state index in [9.17, 15) is 0 Å². The van der Waals surface area contributed by atoms with Gasteiger partial charge in [-0.2, -0.15) is 0 Å². The van der Waals surface area contributed by atoms with E-state index in [1.54, 1.807) is 0 Å². The molecule has 1 aromatic rings. The Morgan fingerprint density at radius 2 is 2.22 bits per heavy atom. The lowest BCUT2D eigenvalue weighted by atomic mass is 10.1. The average Bonchev–Trinajstić information content (AvgIpc) is 2.36. The van der Waals surface area contributed by atoms with E-state index in [0.29, 0.717) is 12.6 Å². The minimum absolute atomic E-state index is 0.327. The fourth-order valence-corrected chi connectivity index (χ4v) is 2.26. The lowest BCUT2D eigenvalue weighted by Gasteiger charge is -2.24. The highest BCUT2D eigenvalue weighted by Crippen LogP contribution is 2.29. The Balaban J connectivity index is 2.99. The van der Waals surface area contributed by atoms with E-state index in [2.05, 4.69) is 64.1 Å². The first kappa shape index (κ1) is 15.1. The molecule has 0 heterocycles. The van der Waals surface area contributed by atoms with Gasteiger partial charge in [0.15, 0.2) is 0 Å². The Morgan fingerprint density at radius 3 is 2.83 bits per heavy atom. The zero-order valence-corrected chi connectivity index (χ0v) is 12.9. The summed E-state index contributed by atoms with van der Waals surface area (Å²) in [4.78, 5) is 2.10. The summed E-state index contributed by atoms with van der Waals surface area (Å²) >= 11 is 3.52. The number of rotatable bonds is 6. The molecule has 1 unspecified atom stereocenters. The van der Waals surface area contributed by atoms with Crippen molar-refractivity contribution in [3.05, 3.63) is 28.2 Å². The molecule has 1 atom stereocenters. The summed E-state index contributed by atoms with van der Waals surface area (Å²) in [7, 11) is 2.03. The molecule has 98 valence electrons. The Hall–Kier alpha value is -0.980. The molecule has 0 amide bonds. The van der Waals surface area contributed by atoms with E-state index in [0.717, 1.165) is 17.4 Å². The van der Waals surface area contributed by atoms with Crippen LogP contribution >= 0.6 is 15.9 Å². The molecule has 0 radical (unpaired) electrons. The van der Waals surface area contributed by atoms with E-state index in [1.165, 1.54) is 11.3 Å². The molecule has 1 aromatic carbocycles. The topological polar surface area (TPSA) is 15.3 Å². The fourth-order valence-electron chi connectivity index (χ4n) is 1.91. The summed E-state index contributed by atoms with van der Waals surface area (Å²) in [5, 5.41) is 3.51. The van der Waals surface area contributed by atoms with Crippen LogP contribution in [-0.2, 0) is 0 Å². The molecule has 18 heavy (non-hydrogen) atoms. The van der Waals surface area contributed by atoms with Gasteiger partial charge < -0.3 is 10.2 Å². The maximum atomic E-state index is 5.39. The van der Waals surface area contributed by atoms with Crippen molar-refractivity contribution in [3.8, 4) is 12.3 Å². The quantitative estimate of drug-likeness (QED) is 0.808. The highest BCUT2D eigenvalue weighted by Gasteiger charge is 2.13. The second-order valence-corrected chi connectivity index (χ2v) is 5.35. The number of anilines is 1. The molecule has 0 fully saturated rings. The second kappa shape index (κ2) is 7.45. The SMILES string of the molecule is C#CCN(C)c1cc(Br)ccc1C(C)NCCC. The third-order valence-electron chi connectivity index (χ3n) is 2.90. The molecule has 3 heteroatoms. The molecule has 1 rings (SSSR count). The van der Waals surface area contributed by atoms with Crippen LogP contribution in [0, 0.1) is 12.3 Å². The van der Waals surface area contributed by atoms with E-state index in [4.69, 9.17) is 6.42 Å². The summed E-state index contributed by atoms with van der Waals surface area (Å²) < 4.78 is 1.08. The summed E-state index contributed by atoms with van der Waals surface area (Å²) in [5.74, 6) is 2.68. The van der Waals surface area contributed by atoms with Crippen molar-refractivity contribution in [2.45, 2.75) is 26.3 Å². The van der Waals surface area contributed by atoms with Crippen LogP contribution in [0.1, 0.15) is 31.9 Å². The zero-order chi connectivity index (χ0) is 13.5. The van der Waals surface area contributed by atoms with Gasteiger partial charge in [-0.3, -0.25) is 0 Å². The first-order chi connectivity index (χ1) is 8.60. The van der Waals surface area contributed by atoms with Gasteiger partial charge in [0.1, 0.15) is 0 Å². The molecular weight excluding hydrogens is 288 g/mol. The van der Waals surface area contributed by atoms with Crippen molar-refractivity contribution in [2.75, 3.05) is 25.0 Å². The van der Waals surface area contributed by atoms with Crippen molar-refractivity contribution in [2.24, 2.45) is 0 Å². The van der Waals surface area contributed by atoms with Gasteiger partial charge in [0.05, 0.1) is 6.54 Å². The predicted molar refractivity (Wildman–Crippen MR) is 83.0 cm³/mol. The number of terminal acetylenes is 1. The summed E-state index contributed by atoms with van der Waals surface area (Å²) in [6.07, 6.45) is 6.53. The van der Waals surface area contributed by atoms with Gasteiger partial charge in [-0.05, 0) is 37.6 Å². The third-order valence-corrected chi connectivity index (χ3v) is 3.39. The van der Waals surface area contributed by atoms with Gasteiger partial charge in [-0.15, -0.1) is 6.42 Å². The van der Waals surface area contributed by atoms with E-state index in [-0.39, 0.29) is 0 Å². The number of nitrogens with zero attached hydrogens (tertiary/aromatic N) is 1. The van der Waals surface area contributed by atoms with Crippen molar-refractivity contribution >= 4 is 21.6 Å². The summed E-state index contributed by atoms with van der Waals surface area (Å²) in [6, 6.07) is 6.68. The average molecular weight is 309 g/mol. The van der Waals surface area contributed by atoms with Crippen LogP contribution in [0.3, 0.4) is 0 Å². The van der Waals surface area contributed by atoms with Crippen LogP contribution in [0.15, 0.2) is 22.7 Å². The van der Waals surface area contributed by atoms with Gasteiger partial charge in [0.25, 0.3) is 0 Å². The lowest BCUT2D eigenvalue weighted by molar-refractivity contribution is 0.570. The molecule has 0 aromatic heterocycles. The van der Waals surface area contributed by atoms with Gasteiger partial charge in [-0.1, -0.05) is 34.8 Å². The molecule has 0 bridgehead atoms. The normalized spacial score (nSPS) is 11.9. The van der Waals surface area contributed by atoms with Gasteiger partial charge >= 0.3 is 0 Å². The lowest BCUT2D eigenvalue weighted by Crippen LogP contribution is -2.24. The largest absolute Gasteiger partial charge is 0.363 e. The summed E-state index contributed by atoms with van der Waals surface area (Å²) in [5.41, 5.74) is 2.46. The fraction of sp³-hybridized carbons (Fsp3) is 0.467. The maximum Gasteiger partial charge on any atom is 0.0788 e. The first-order valence-electron chi connectivity index (χ1n) is 6.27. The van der Waals surface area contributed by atoms with Crippen LogP contribution in [0.4, 0.5) is 5.69 Å². The number of halogens is 1. The van der Waals surface area contributed by atoms with Gasteiger partial charge in [0, 0.05) is 23.2 Å². The van der Waals surface area contributed by atoms with Gasteiger partial charge in [-0.25, -0.2) is 0 Å². The number of nitrogens with one attached hydrogen (secondary N) is 1. The zero-order valence-electron chi connectivity index (χ0n) is 11.3. The molecule has 0 aliphatic heterocycles. The van der Waals surface area contributed by atoms with Crippen LogP contribution in [-0.4, -0.2) is 20.1 Å². The van der Waals surface area contributed by atoms with Crippen molar-refractivity contribution < 1.29 is 0 Å². The molecule has 1 N–H and O–H groups in total. The molecule has 0 saturated heterocycles. The van der Waals surface area contributed by atoms with Crippen LogP contribution in [0.5, 0.6) is 0 Å². The van der Waals surface area contributed by atoms with Crippen LogP contribution < -0.4 is 10.2 Å². The van der Waals surface area contributed by atoms with Crippen molar-refractivity contribution in [3.63, 3.8) is 0 Å². The standard InChI is InChI=1S/C15H21BrN2/c1-5-9-17-12(3)14-8-7-13(16)11-15(14)18(4)10-6-2/h2,7-8,11-12,17H,5,9-10H2,1,3-4H3. The molecular formula is C15H21BrN2. The predicted octanol–water partition coefficient (Wildman–Crippen LogP) is 3.58. The molecule has 0 spiro atoms. The Morgan fingerprint density at radius 1 is 1.50 bits per heavy atom. The highest BCUT2D eigenvalue weighted by molar-refractivity contribution is 9.10. The first-order valence-corrected chi connectivity index (χ1v) is 7.06. The third kappa shape index (κ3) is 4.04. The van der Waals surface area contributed by atoms with Crippen molar-refractivity contribution in [1.29, 1.82) is 0 Å². The monoisotopic (exact) mass is 308 g/mol. The molecule has 0 aliphatic carbocycles. The molecule has 0 saturated carbocycles. The Labute approximate surface area is 119 Å². The molecule has 0 aliphatic rings. The smallest absolute Gasteiger partial charge is 0.0788 e. The Kier molecular flexibility index (Phi) is 6.24. The van der Waals surface area contributed by atoms with Crippen LogP contribution in [0.2, 0.25) is 0 Å². The molecule has 2 nitrogen and oxygen atoms in total. The maximum absolute atomic E-state index is 5.39. The number of hydrogen-bond donors (Lipinski definition) is 1. The van der Waals surface area contributed by atoms with E-state index in [1.807, 2.05) is 7.05 Å². The van der Waals surface area contributed by atoms with Crippen LogP contribution in [0.25, 0.3) is 0 Å². The van der Waals surface area contributed by atoms with E-state index < -0.39 is 0 Å². The number of hydrogen-bond acceptors (Lipinski definition) is 2. The minimum atomic E-state index is 0.327. The van der Waals surface area contributed by atoms with E-state index >= 15 is 0 Å². The highest BCUT2D eigenvalue weighted by atomic mass is 79.9. The van der Waals surface area contributed by atoms with Crippen molar-refractivity contribution in [1.82, 2.24) is 5.32 Å². The van der Waals surface area contributed by atoms with Gasteiger partial charge in [0.2, 0.25) is 0 Å². The Bertz CT molecular complexity index is 423.